The van der Waals surface area contributed by atoms with Gasteiger partial charge >= 0.3 is 11.8 Å². The summed E-state index contributed by atoms with van der Waals surface area (Å²) in [6.45, 7) is 10.4. The number of carbonyl (C=O) groups is 1. The van der Waals surface area contributed by atoms with Gasteiger partial charge in [-0.2, -0.15) is 0 Å². The Kier molecular flexibility index (Phi) is 5.00. The Morgan fingerprint density at radius 1 is 1.07 bits per heavy atom. The Balaban J connectivity index is 1.38. The number of fused-ring (bicyclic) bond motifs is 2. The Bertz CT molecular complexity index is 1080. The van der Waals surface area contributed by atoms with Crippen molar-refractivity contribution in [1.29, 1.82) is 0 Å². The van der Waals surface area contributed by atoms with E-state index in [0.29, 0.717) is 29.5 Å². The van der Waals surface area contributed by atoms with Gasteiger partial charge in [0.05, 0.1) is 6.33 Å². The van der Waals surface area contributed by atoms with Crippen LogP contribution in [0.5, 0.6) is 0 Å². The summed E-state index contributed by atoms with van der Waals surface area (Å²) in [6.07, 6.45) is 1.40. The van der Waals surface area contributed by atoms with Gasteiger partial charge in [-0.1, -0.05) is 0 Å². The van der Waals surface area contributed by atoms with E-state index in [-0.39, 0.29) is 17.3 Å². The zero-order chi connectivity index (χ0) is 21.8. The first-order chi connectivity index (χ1) is 14.0. The maximum Gasteiger partial charge on any atom is 0.410 e. The molecule has 2 aliphatic rings. The Morgan fingerprint density at radius 2 is 1.70 bits per heavy atom. The highest BCUT2D eigenvalue weighted by atomic mass is 16.6. The highest BCUT2D eigenvalue weighted by molar-refractivity contribution is 5.70. The molecule has 164 valence electrons. The van der Waals surface area contributed by atoms with Crippen LogP contribution in [-0.2, 0) is 25.4 Å². The minimum Gasteiger partial charge on any atom is -0.444 e. The molecule has 10 nitrogen and oxygen atoms in total. The molecule has 10 heteroatoms. The van der Waals surface area contributed by atoms with Crippen molar-refractivity contribution in [1.82, 2.24) is 28.5 Å². The number of likely N-dealkylation sites (tertiary alicyclic amines) is 2. The van der Waals surface area contributed by atoms with Crippen LogP contribution in [0.15, 0.2) is 15.9 Å². The number of imidazole rings is 1. The molecule has 0 radical (unpaired) electrons. The van der Waals surface area contributed by atoms with Crippen molar-refractivity contribution in [2.75, 3.05) is 32.7 Å². The molecule has 0 unspecified atom stereocenters. The number of hydrogen-bond donors (Lipinski definition) is 0. The molecule has 0 spiro atoms. The van der Waals surface area contributed by atoms with Gasteiger partial charge in [-0.25, -0.2) is 14.6 Å². The molecule has 0 bridgehead atoms. The number of amides is 1. The lowest BCUT2D eigenvalue weighted by Gasteiger charge is -2.26. The first kappa shape index (κ1) is 20.6. The van der Waals surface area contributed by atoms with E-state index in [1.54, 1.807) is 13.4 Å². The summed E-state index contributed by atoms with van der Waals surface area (Å²) in [4.78, 5) is 45.4. The molecule has 0 saturated carbocycles. The minimum absolute atomic E-state index is 0.227. The summed E-state index contributed by atoms with van der Waals surface area (Å²) >= 11 is 0. The third kappa shape index (κ3) is 3.64. The van der Waals surface area contributed by atoms with Gasteiger partial charge in [0.25, 0.3) is 5.56 Å². The molecule has 2 aliphatic heterocycles. The first-order valence-corrected chi connectivity index (χ1v) is 10.4. The summed E-state index contributed by atoms with van der Waals surface area (Å²) in [5.41, 5.74) is -0.310. The maximum atomic E-state index is 12.6. The SMILES string of the molecule is Cn1c(=O)c2c(ncn2CCN2C[C@@H]3CN(C(=O)OC(C)(C)C)C[C@@H]3C2)n(C)c1=O. The van der Waals surface area contributed by atoms with Gasteiger partial charge in [0.15, 0.2) is 11.2 Å². The second-order valence-corrected chi connectivity index (χ2v) is 9.48. The van der Waals surface area contributed by atoms with Crippen LogP contribution in [0.4, 0.5) is 4.79 Å². The zero-order valence-electron chi connectivity index (χ0n) is 18.3. The molecular weight excluding hydrogens is 388 g/mol. The van der Waals surface area contributed by atoms with Crippen LogP contribution in [-0.4, -0.2) is 72.9 Å². The van der Waals surface area contributed by atoms with Crippen molar-refractivity contribution in [2.45, 2.75) is 32.9 Å². The number of carbonyl (C=O) groups excluding carboxylic acids is 1. The summed E-state index contributed by atoms with van der Waals surface area (Å²) in [7, 11) is 3.11. The summed E-state index contributed by atoms with van der Waals surface area (Å²) in [5.74, 6) is 0.900. The van der Waals surface area contributed by atoms with Crippen LogP contribution in [0.1, 0.15) is 20.8 Å². The first-order valence-electron chi connectivity index (χ1n) is 10.4. The molecule has 2 saturated heterocycles. The van der Waals surface area contributed by atoms with Gasteiger partial charge in [0.2, 0.25) is 0 Å². The summed E-state index contributed by atoms with van der Waals surface area (Å²) in [5, 5.41) is 0. The van der Waals surface area contributed by atoms with Crippen molar-refractivity contribution in [3.05, 3.63) is 27.2 Å². The van der Waals surface area contributed by atoms with E-state index in [1.807, 2.05) is 30.2 Å². The monoisotopic (exact) mass is 418 g/mol. The molecule has 0 aromatic carbocycles. The Hall–Kier alpha value is -2.62. The van der Waals surface area contributed by atoms with Crippen LogP contribution in [0, 0.1) is 11.8 Å². The lowest BCUT2D eigenvalue weighted by molar-refractivity contribution is 0.0274. The van der Waals surface area contributed by atoms with E-state index in [4.69, 9.17) is 4.74 Å². The Morgan fingerprint density at radius 3 is 2.30 bits per heavy atom. The van der Waals surface area contributed by atoms with E-state index in [9.17, 15) is 14.4 Å². The summed E-state index contributed by atoms with van der Waals surface area (Å²) in [6, 6.07) is 0. The lowest BCUT2D eigenvalue weighted by atomic mass is 10.0. The van der Waals surface area contributed by atoms with Crippen molar-refractivity contribution in [2.24, 2.45) is 25.9 Å². The topological polar surface area (TPSA) is 94.6 Å². The van der Waals surface area contributed by atoms with Crippen LogP contribution >= 0.6 is 0 Å². The normalized spacial score (nSPS) is 22.1. The number of ether oxygens (including phenoxy) is 1. The fourth-order valence-electron chi connectivity index (χ4n) is 4.56. The highest BCUT2D eigenvalue weighted by Gasteiger charge is 2.42. The van der Waals surface area contributed by atoms with Crippen LogP contribution in [0.2, 0.25) is 0 Å². The predicted molar refractivity (Wildman–Crippen MR) is 111 cm³/mol. The number of hydrogen-bond acceptors (Lipinski definition) is 6. The lowest BCUT2D eigenvalue weighted by Crippen LogP contribution is -2.38. The minimum atomic E-state index is -0.477. The number of aryl methyl sites for hydroxylation is 1. The molecule has 30 heavy (non-hydrogen) atoms. The Labute approximate surface area is 174 Å². The van der Waals surface area contributed by atoms with E-state index < -0.39 is 5.60 Å². The molecular formula is C20H30N6O4. The van der Waals surface area contributed by atoms with E-state index in [0.717, 1.165) is 37.3 Å². The second kappa shape index (κ2) is 7.26. The molecule has 4 heterocycles. The average Bonchev–Trinajstić information content (AvgIpc) is 3.34. The number of aromatic nitrogens is 4. The number of nitrogens with zero attached hydrogens (tertiary/aromatic N) is 6. The third-order valence-electron chi connectivity index (χ3n) is 6.09. The van der Waals surface area contributed by atoms with Crippen molar-refractivity contribution >= 4 is 17.3 Å². The molecule has 2 fully saturated rings. The fraction of sp³-hybridized carbons (Fsp3) is 0.700. The van der Waals surface area contributed by atoms with Gasteiger partial charge in [-0.15, -0.1) is 0 Å². The van der Waals surface area contributed by atoms with Crippen LogP contribution < -0.4 is 11.2 Å². The molecule has 2 aromatic rings. The molecule has 2 aromatic heterocycles. The van der Waals surface area contributed by atoms with Crippen molar-refractivity contribution in [3.8, 4) is 0 Å². The molecule has 4 rings (SSSR count). The van der Waals surface area contributed by atoms with Crippen LogP contribution in [0.25, 0.3) is 11.2 Å². The van der Waals surface area contributed by atoms with Gasteiger partial charge < -0.3 is 19.1 Å². The quantitative estimate of drug-likeness (QED) is 0.708. The van der Waals surface area contributed by atoms with Gasteiger partial charge in [0, 0.05) is 53.4 Å². The van der Waals surface area contributed by atoms with Crippen LogP contribution in [0.3, 0.4) is 0 Å². The smallest absolute Gasteiger partial charge is 0.410 e. The highest BCUT2D eigenvalue weighted by Crippen LogP contribution is 2.31. The molecule has 0 N–H and O–H groups in total. The van der Waals surface area contributed by atoms with Crippen molar-refractivity contribution < 1.29 is 9.53 Å². The van der Waals surface area contributed by atoms with Gasteiger partial charge in [-0.05, 0) is 32.6 Å². The third-order valence-corrected chi connectivity index (χ3v) is 6.09. The fourth-order valence-corrected chi connectivity index (χ4v) is 4.56. The second-order valence-electron chi connectivity index (χ2n) is 9.48. The van der Waals surface area contributed by atoms with E-state index in [1.165, 1.54) is 11.6 Å². The standard InChI is InChI=1S/C20H30N6O4/c1-20(2,3)30-19(29)26-10-13-8-24(9-14(13)11-26)6-7-25-12-21-16-15(25)17(27)23(5)18(28)22(16)4/h12-14H,6-11H2,1-5H3/t13-,14+. The van der Waals surface area contributed by atoms with Crippen molar-refractivity contribution in [3.63, 3.8) is 0 Å². The average molecular weight is 418 g/mol. The van der Waals surface area contributed by atoms with Gasteiger partial charge in [0.1, 0.15) is 5.60 Å². The zero-order valence-corrected chi connectivity index (χ0v) is 18.3. The van der Waals surface area contributed by atoms with Gasteiger partial charge in [-0.3, -0.25) is 13.9 Å². The largest absolute Gasteiger partial charge is 0.444 e. The maximum absolute atomic E-state index is 12.6. The van der Waals surface area contributed by atoms with E-state index in [2.05, 4.69) is 9.88 Å². The van der Waals surface area contributed by atoms with E-state index >= 15 is 0 Å². The number of rotatable bonds is 3. The molecule has 0 aliphatic carbocycles. The summed E-state index contributed by atoms with van der Waals surface area (Å²) < 4.78 is 9.85. The predicted octanol–water partition coefficient (Wildman–Crippen LogP) is 0.232. The molecule has 2 atom stereocenters. The molecule has 1 amide bonds.